The van der Waals surface area contributed by atoms with E-state index >= 15 is 0 Å². The van der Waals surface area contributed by atoms with Crippen LogP contribution in [0.5, 0.6) is 0 Å². The summed E-state index contributed by atoms with van der Waals surface area (Å²) in [6.07, 6.45) is 3.58. The predicted molar refractivity (Wildman–Crippen MR) is 142 cm³/mol. The maximum atomic E-state index is 12.2. The zero-order valence-corrected chi connectivity index (χ0v) is 24.7. The summed E-state index contributed by atoms with van der Waals surface area (Å²) in [5.74, 6) is -0.223. The Kier molecular flexibility index (Phi) is 8.86. The first kappa shape index (κ1) is 31.1. The lowest BCUT2D eigenvalue weighted by molar-refractivity contribution is -0.206. The summed E-state index contributed by atoms with van der Waals surface area (Å²) >= 11 is 0. The van der Waals surface area contributed by atoms with Crippen LogP contribution in [0.25, 0.3) is 0 Å². The molecular weight excluding hydrogens is 550 g/mol. The Bertz CT molecular complexity index is 1130. The lowest BCUT2D eigenvalue weighted by Crippen LogP contribution is -2.62. The summed E-state index contributed by atoms with van der Waals surface area (Å²) in [5, 5.41) is 25.7. The minimum Gasteiger partial charge on any atom is -0.393 e. The number of fused-ring (bicyclic) bond motifs is 5. The Hall–Kier alpha value is -0.830. The lowest BCUT2D eigenvalue weighted by atomic mass is 9.43. The Labute approximate surface area is 232 Å². The average molecular weight is 596 g/mol. The van der Waals surface area contributed by atoms with Gasteiger partial charge < -0.3 is 15.5 Å². The number of aliphatic hydroxyl groups is 2. The Morgan fingerprint density at radius 3 is 2.36 bits per heavy atom. The molecule has 226 valence electrons. The van der Waals surface area contributed by atoms with Gasteiger partial charge in [-0.25, -0.2) is 4.18 Å². The van der Waals surface area contributed by atoms with Gasteiger partial charge >= 0.3 is 10.4 Å². The summed E-state index contributed by atoms with van der Waals surface area (Å²) in [5.41, 5.74) is -0.577. The Balaban J connectivity index is 1.43. The molecule has 0 aromatic heterocycles. The molecule has 4 aliphatic carbocycles. The zero-order valence-electron chi connectivity index (χ0n) is 23.0. The number of hydrogen-bond donors (Lipinski definition) is 5. The predicted octanol–water partition coefficient (Wildman–Crippen LogP) is 2.20. The highest BCUT2D eigenvalue weighted by Crippen LogP contribution is 2.68. The van der Waals surface area contributed by atoms with E-state index in [-0.39, 0.29) is 59.8 Å². The van der Waals surface area contributed by atoms with Crippen molar-refractivity contribution in [3.63, 3.8) is 0 Å². The monoisotopic (exact) mass is 595 g/mol. The van der Waals surface area contributed by atoms with Gasteiger partial charge in [0.2, 0.25) is 5.91 Å². The van der Waals surface area contributed by atoms with E-state index in [2.05, 4.69) is 26.1 Å². The summed E-state index contributed by atoms with van der Waals surface area (Å²) in [6, 6.07) is 0. The quantitative estimate of drug-likeness (QED) is 0.247. The highest BCUT2D eigenvalue weighted by atomic mass is 32.3. The highest BCUT2D eigenvalue weighted by Gasteiger charge is 2.65. The number of carbonyl (C=O) groups is 1. The first-order valence-electron chi connectivity index (χ1n) is 14.2. The molecule has 11 atom stereocenters. The zero-order chi connectivity index (χ0) is 29.0. The Morgan fingerprint density at radius 1 is 1.03 bits per heavy atom. The molecule has 4 aliphatic rings. The van der Waals surface area contributed by atoms with E-state index in [1.807, 2.05) is 0 Å². The fourth-order valence-corrected chi connectivity index (χ4v) is 10.2. The summed E-state index contributed by atoms with van der Waals surface area (Å²) in [6.45, 7) is 6.29. The van der Waals surface area contributed by atoms with Crippen LogP contribution in [0.3, 0.4) is 0 Å². The minimum atomic E-state index is -4.54. The summed E-state index contributed by atoms with van der Waals surface area (Å²) < 4.78 is 67.2. The molecule has 4 saturated carbocycles. The molecule has 0 unspecified atom stereocenters. The van der Waals surface area contributed by atoms with Gasteiger partial charge in [0.25, 0.3) is 10.1 Å². The number of nitrogens with one attached hydrogen (secondary N) is 1. The fraction of sp³-hybridized carbons (Fsp3) is 0.962. The molecule has 0 bridgehead atoms. The van der Waals surface area contributed by atoms with Crippen molar-refractivity contribution < 1.29 is 45.1 Å². The number of amides is 1. The maximum Gasteiger partial charge on any atom is 0.397 e. The molecule has 0 heterocycles. The number of hydrogen-bond acceptors (Lipinski definition) is 8. The number of carbonyl (C=O) groups excluding carboxylic acids is 1. The van der Waals surface area contributed by atoms with Crippen LogP contribution in [0.15, 0.2) is 0 Å². The normalized spacial score (nSPS) is 43.2. The first-order chi connectivity index (χ1) is 18.0. The topological polar surface area (TPSA) is 188 Å². The minimum absolute atomic E-state index is 0.0274. The molecule has 4 rings (SSSR count). The largest absolute Gasteiger partial charge is 0.397 e. The van der Waals surface area contributed by atoms with Gasteiger partial charge in [-0.1, -0.05) is 20.8 Å². The van der Waals surface area contributed by atoms with E-state index < -0.39 is 50.0 Å². The van der Waals surface area contributed by atoms with Crippen LogP contribution in [0.2, 0.25) is 0 Å². The first-order valence-corrected chi connectivity index (χ1v) is 17.2. The molecule has 0 spiro atoms. The van der Waals surface area contributed by atoms with Gasteiger partial charge in [-0.2, -0.15) is 16.8 Å². The third kappa shape index (κ3) is 6.34. The third-order valence-corrected chi connectivity index (χ3v) is 12.5. The van der Waals surface area contributed by atoms with Crippen molar-refractivity contribution in [3.05, 3.63) is 0 Å². The Morgan fingerprint density at radius 2 is 1.72 bits per heavy atom. The van der Waals surface area contributed by atoms with Crippen LogP contribution in [-0.2, 0) is 29.5 Å². The molecule has 0 aliphatic heterocycles. The van der Waals surface area contributed by atoms with Gasteiger partial charge in [0.15, 0.2) is 0 Å². The van der Waals surface area contributed by atoms with E-state index in [9.17, 15) is 31.8 Å². The second kappa shape index (κ2) is 11.1. The van der Waals surface area contributed by atoms with E-state index in [1.165, 1.54) is 0 Å². The molecule has 4 fully saturated rings. The van der Waals surface area contributed by atoms with E-state index in [4.69, 9.17) is 13.3 Å². The molecule has 13 heteroatoms. The lowest BCUT2D eigenvalue weighted by Gasteiger charge is -2.63. The van der Waals surface area contributed by atoms with Crippen LogP contribution in [-0.4, -0.2) is 72.7 Å². The van der Waals surface area contributed by atoms with Crippen molar-refractivity contribution in [3.8, 4) is 0 Å². The van der Waals surface area contributed by atoms with Crippen molar-refractivity contribution in [2.24, 2.45) is 46.3 Å². The summed E-state index contributed by atoms with van der Waals surface area (Å²) in [7, 11) is -8.68. The highest BCUT2D eigenvalue weighted by molar-refractivity contribution is 7.85. The second-order valence-corrected chi connectivity index (χ2v) is 15.8. The molecular formula is C26H45NO10S2. The van der Waals surface area contributed by atoms with Crippen LogP contribution in [0.1, 0.15) is 78.6 Å². The second-order valence-electron chi connectivity index (χ2n) is 13.2. The fourth-order valence-electron chi connectivity index (χ4n) is 9.34. The van der Waals surface area contributed by atoms with Gasteiger partial charge in [-0.15, -0.1) is 0 Å². The van der Waals surface area contributed by atoms with Crippen LogP contribution >= 0.6 is 0 Å². The molecule has 11 nitrogen and oxygen atoms in total. The third-order valence-electron chi connectivity index (χ3n) is 11.3. The average Bonchev–Trinajstić information content (AvgIpc) is 3.16. The van der Waals surface area contributed by atoms with E-state index in [0.29, 0.717) is 38.5 Å². The van der Waals surface area contributed by atoms with Crippen LogP contribution in [0.4, 0.5) is 0 Å². The number of rotatable bonds is 9. The van der Waals surface area contributed by atoms with Gasteiger partial charge in [0.05, 0.1) is 24.1 Å². The molecule has 0 aromatic carbocycles. The molecule has 0 aromatic rings. The van der Waals surface area contributed by atoms with Crippen LogP contribution < -0.4 is 5.32 Å². The molecule has 0 radical (unpaired) electrons. The molecule has 39 heavy (non-hydrogen) atoms. The van der Waals surface area contributed by atoms with Gasteiger partial charge in [-0.3, -0.25) is 13.9 Å². The van der Waals surface area contributed by atoms with Crippen molar-refractivity contribution >= 4 is 26.4 Å². The van der Waals surface area contributed by atoms with Crippen molar-refractivity contribution in [1.29, 1.82) is 0 Å². The summed E-state index contributed by atoms with van der Waals surface area (Å²) in [4.78, 5) is 12.2. The van der Waals surface area contributed by atoms with E-state index in [1.54, 1.807) is 0 Å². The smallest absolute Gasteiger partial charge is 0.393 e. The van der Waals surface area contributed by atoms with Gasteiger partial charge in [0, 0.05) is 13.0 Å². The van der Waals surface area contributed by atoms with Crippen molar-refractivity contribution in [1.82, 2.24) is 5.32 Å². The molecule has 5 N–H and O–H groups in total. The van der Waals surface area contributed by atoms with Crippen molar-refractivity contribution in [2.45, 2.75) is 96.9 Å². The van der Waals surface area contributed by atoms with Gasteiger partial charge in [-0.05, 0) is 97.7 Å². The van der Waals surface area contributed by atoms with Crippen molar-refractivity contribution in [2.75, 3.05) is 12.3 Å². The maximum absolute atomic E-state index is 12.2. The van der Waals surface area contributed by atoms with Gasteiger partial charge in [0.1, 0.15) is 0 Å². The van der Waals surface area contributed by atoms with E-state index in [0.717, 1.165) is 12.8 Å². The van der Waals surface area contributed by atoms with Crippen LogP contribution in [0, 0.1) is 46.3 Å². The molecule has 0 saturated heterocycles. The SMILES string of the molecule is C[C@H](CCC(=O)NCCS(=O)(=O)O)[C@H]1CC[C@H]2[C@@H]3[C@H](O)C[C@@H]4C[C@H](OS(=O)(=O)O)CC[C@]4(C)[C@H]3C[C@H](O)[C@]12C. The molecule has 1 amide bonds. The standard InChI is InChI=1S/C26H45NO10S2/c1-15(4-7-23(30)27-10-11-38(31,32)33)18-5-6-19-24-20(14-22(29)26(18,19)3)25(2)9-8-17(37-39(34,35)36)12-16(25)13-21(24)28/h15-22,24,28-29H,4-14H2,1-3H3,(H,27,30)(H,31,32,33)(H,34,35,36)/t15-,16+,17-,18-,19+,20+,21-,22+,24+,25+,26-/m1/s1. The number of aliphatic hydroxyl groups excluding tert-OH is 2.